The number of hydrogen-bond donors (Lipinski definition) is 1. The van der Waals surface area contributed by atoms with Crippen molar-refractivity contribution in [2.24, 2.45) is 5.10 Å². The number of imidazole rings is 1. The Labute approximate surface area is 153 Å². The number of aryl methyl sites for hydroxylation is 5. The van der Waals surface area contributed by atoms with Gasteiger partial charge in [0.2, 0.25) is 0 Å². The summed E-state index contributed by atoms with van der Waals surface area (Å²) in [6, 6.07) is 9.75. The first kappa shape index (κ1) is 17.9. The van der Waals surface area contributed by atoms with Crippen LogP contribution in [-0.4, -0.2) is 21.7 Å². The molecule has 1 aromatic heterocycles. The Morgan fingerprint density at radius 3 is 2.58 bits per heavy atom. The van der Waals surface area contributed by atoms with Gasteiger partial charge in [-0.3, -0.25) is 4.79 Å². The fourth-order valence-electron chi connectivity index (χ4n) is 3.14. The normalized spacial score (nSPS) is 11.4. The van der Waals surface area contributed by atoms with Crippen molar-refractivity contribution < 1.29 is 4.79 Å². The van der Waals surface area contributed by atoms with Crippen molar-refractivity contribution in [3.63, 3.8) is 0 Å². The topological polar surface area (TPSA) is 59.3 Å². The summed E-state index contributed by atoms with van der Waals surface area (Å²) in [5, 5.41) is 4.12. The van der Waals surface area contributed by atoms with E-state index in [1.165, 1.54) is 11.1 Å². The summed E-state index contributed by atoms with van der Waals surface area (Å²) in [4.78, 5) is 16.9. The van der Waals surface area contributed by atoms with E-state index in [0.29, 0.717) is 5.56 Å². The molecule has 0 fully saturated rings. The van der Waals surface area contributed by atoms with Gasteiger partial charge in [-0.1, -0.05) is 6.07 Å². The maximum atomic E-state index is 12.4. The fraction of sp³-hybridized carbons (Fsp3) is 0.286. The van der Waals surface area contributed by atoms with Crippen molar-refractivity contribution >= 4 is 23.2 Å². The molecule has 26 heavy (non-hydrogen) atoms. The zero-order chi connectivity index (χ0) is 18.8. The molecule has 5 nitrogen and oxygen atoms in total. The van der Waals surface area contributed by atoms with E-state index in [1.807, 2.05) is 26.0 Å². The number of hydrazone groups is 1. The summed E-state index contributed by atoms with van der Waals surface area (Å²) < 4.78 is 2.12. The molecule has 3 rings (SSSR count). The van der Waals surface area contributed by atoms with Crippen molar-refractivity contribution in [3.05, 3.63) is 64.0 Å². The lowest BCUT2D eigenvalue weighted by molar-refractivity contribution is 0.0955. The summed E-state index contributed by atoms with van der Waals surface area (Å²) in [5.41, 5.74) is 9.60. The van der Waals surface area contributed by atoms with Gasteiger partial charge in [-0.2, -0.15) is 5.10 Å². The van der Waals surface area contributed by atoms with Crippen LogP contribution in [0.4, 0.5) is 0 Å². The molecule has 0 radical (unpaired) electrons. The Hall–Kier alpha value is -2.95. The number of hydrogen-bond acceptors (Lipinski definition) is 3. The molecule has 3 aromatic rings. The van der Waals surface area contributed by atoms with E-state index >= 15 is 0 Å². The predicted molar refractivity (Wildman–Crippen MR) is 106 cm³/mol. The third-order valence-electron chi connectivity index (χ3n) is 4.77. The van der Waals surface area contributed by atoms with Crippen LogP contribution in [0.5, 0.6) is 0 Å². The Morgan fingerprint density at radius 1 is 1.12 bits per heavy atom. The van der Waals surface area contributed by atoms with Crippen LogP contribution in [0.15, 0.2) is 35.4 Å². The van der Waals surface area contributed by atoms with Crippen LogP contribution in [0, 0.1) is 27.7 Å². The molecule has 1 amide bonds. The third-order valence-corrected chi connectivity index (χ3v) is 4.77. The average Bonchev–Trinajstić information content (AvgIpc) is 2.93. The number of nitrogens with one attached hydrogen (secondary N) is 1. The van der Waals surface area contributed by atoms with E-state index in [9.17, 15) is 4.79 Å². The van der Waals surface area contributed by atoms with Crippen LogP contribution < -0.4 is 5.43 Å². The van der Waals surface area contributed by atoms with Crippen molar-refractivity contribution in [2.75, 3.05) is 0 Å². The van der Waals surface area contributed by atoms with E-state index in [4.69, 9.17) is 0 Å². The highest BCUT2D eigenvalue weighted by Crippen LogP contribution is 2.18. The van der Waals surface area contributed by atoms with Gasteiger partial charge in [-0.05, 0) is 81.1 Å². The predicted octanol–water partition coefficient (Wildman–Crippen LogP) is 4.05. The van der Waals surface area contributed by atoms with E-state index in [1.54, 1.807) is 12.3 Å². The van der Waals surface area contributed by atoms with Crippen LogP contribution in [0.2, 0.25) is 0 Å². The summed E-state index contributed by atoms with van der Waals surface area (Å²) in [7, 11) is 0. The van der Waals surface area contributed by atoms with Gasteiger partial charge in [0, 0.05) is 12.1 Å². The summed E-state index contributed by atoms with van der Waals surface area (Å²) in [6.45, 7) is 11.1. The molecule has 134 valence electrons. The number of carbonyl (C=O) groups is 1. The molecule has 0 atom stereocenters. The van der Waals surface area contributed by atoms with Crippen LogP contribution in [-0.2, 0) is 6.54 Å². The van der Waals surface area contributed by atoms with Gasteiger partial charge in [-0.25, -0.2) is 10.4 Å². The number of rotatable bonds is 4. The number of fused-ring (bicyclic) bond motifs is 1. The number of carbonyl (C=O) groups excluding carboxylic acids is 1. The van der Waals surface area contributed by atoms with Gasteiger partial charge in [-0.15, -0.1) is 0 Å². The van der Waals surface area contributed by atoms with Crippen molar-refractivity contribution in [1.29, 1.82) is 0 Å². The van der Waals surface area contributed by atoms with Crippen molar-refractivity contribution in [2.45, 2.75) is 41.2 Å². The molecule has 0 saturated heterocycles. The van der Waals surface area contributed by atoms with Gasteiger partial charge >= 0.3 is 0 Å². The summed E-state index contributed by atoms with van der Waals surface area (Å²) in [5.74, 6) is 0.705. The Morgan fingerprint density at radius 2 is 1.85 bits per heavy atom. The highest BCUT2D eigenvalue weighted by molar-refractivity contribution is 5.98. The molecular weight excluding hydrogens is 324 g/mol. The largest absolute Gasteiger partial charge is 0.329 e. The minimum atomic E-state index is -0.242. The molecule has 2 aromatic carbocycles. The molecule has 0 aliphatic heterocycles. The highest BCUT2D eigenvalue weighted by atomic mass is 16.2. The molecule has 0 unspecified atom stereocenters. The Bertz CT molecular complexity index is 1010. The minimum Gasteiger partial charge on any atom is -0.329 e. The minimum absolute atomic E-state index is 0.242. The molecule has 0 spiro atoms. The summed E-state index contributed by atoms with van der Waals surface area (Å²) >= 11 is 0. The average molecular weight is 348 g/mol. The molecule has 1 N–H and O–H groups in total. The highest BCUT2D eigenvalue weighted by Gasteiger charge is 2.10. The maximum Gasteiger partial charge on any atom is 0.271 e. The lowest BCUT2D eigenvalue weighted by Crippen LogP contribution is -2.17. The first-order valence-electron chi connectivity index (χ1n) is 8.79. The summed E-state index contributed by atoms with van der Waals surface area (Å²) in [6.07, 6.45) is 1.69. The zero-order valence-corrected chi connectivity index (χ0v) is 15.9. The standard InChI is InChI=1S/C21H24N4O/c1-6-25-16(5)23-19-11-17(7-8-20(19)25)21(26)24-22-12-18-10-14(3)13(2)9-15(18)4/h7-12H,6H2,1-5H3,(H,24,26)/b22-12-. The molecule has 0 aliphatic carbocycles. The molecule has 0 bridgehead atoms. The van der Waals surface area contributed by atoms with Gasteiger partial charge in [0.05, 0.1) is 17.2 Å². The monoisotopic (exact) mass is 348 g/mol. The zero-order valence-electron chi connectivity index (χ0n) is 15.9. The number of nitrogens with zero attached hydrogens (tertiary/aromatic N) is 3. The molecule has 0 saturated carbocycles. The number of aromatic nitrogens is 2. The second kappa shape index (κ2) is 7.12. The third kappa shape index (κ3) is 3.38. The van der Waals surface area contributed by atoms with E-state index in [2.05, 4.69) is 53.0 Å². The Kier molecular flexibility index (Phi) is 4.89. The van der Waals surface area contributed by atoms with Crippen molar-refractivity contribution in [3.8, 4) is 0 Å². The molecule has 1 heterocycles. The second-order valence-electron chi connectivity index (χ2n) is 6.60. The lowest BCUT2D eigenvalue weighted by Gasteiger charge is -2.06. The molecule has 5 heteroatoms. The fourth-order valence-corrected chi connectivity index (χ4v) is 3.14. The SMILES string of the molecule is CCn1c(C)nc2cc(C(=O)N/N=C\c3cc(C)c(C)cc3C)ccc21. The molecule has 0 aliphatic rings. The number of benzene rings is 2. The quantitative estimate of drug-likeness (QED) is 0.571. The van der Waals surface area contributed by atoms with Crippen molar-refractivity contribution in [1.82, 2.24) is 15.0 Å². The van der Waals surface area contributed by atoms with E-state index in [0.717, 1.165) is 34.5 Å². The second-order valence-corrected chi connectivity index (χ2v) is 6.60. The van der Waals surface area contributed by atoms with E-state index < -0.39 is 0 Å². The smallest absolute Gasteiger partial charge is 0.271 e. The lowest BCUT2D eigenvalue weighted by atomic mass is 10.0. The van der Waals surface area contributed by atoms with Crippen LogP contribution in [0.1, 0.15) is 45.4 Å². The van der Waals surface area contributed by atoms with Crippen LogP contribution >= 0.6 is 0 Å². The van der Waals surface area contributed by atoms with Gasteiger partial charge in [0.1, 0.15) is 5.82 Å². The van der Waals surface area contributed by atoms with Gasteiger partial charge in [0.25, 0.3) is 5.91 Å². The first-order chi connectivity index (χ1) is 12.4. The van der Waals surface area contributed by atoms with Crippen LogP contribution in [0.25, 0.3) is 11.0 Å². The van der Waals surface area contributed by atoms with E-state index in [-0.39, 0.29) is 5.91 Å². The maximum absolute atomic E-state index is 12.4. The van der Waals surface area contributed by atoms with Gasteiger partial charge in [0.15, 0.2) is 0 Å². The number of amides is 1. The molecular formula is C21H24N4O. The van der Waals surface area contributed by atoms with Gasteiger partial charge < -0.3 is 4.57 Å². The van der Waals surface area contributed by atoms with Crippen LogP contribution in [0.3, 0.4) is 0 Å². The Balaban J connectivity index is 1.78. The first-order valence-corrected chi connectivity index (χ1v) is 8.79.